The molecule has 0 unspecified atom stereocenters. The molecule has 0 bridgehead atoms. The molecule has 8 heavy (non-hydrogen) atoms. The second-order valence-electron chi connectivity index (χ2n) is 2.04. The fraction of sp³-hybridized carbons (Fsp3) is 0.667. The van der Waals surface area contributed by atoms with Crippen LogP contribution in [0.15, 0.2) is 12.8 Å². The first-order valence-electron chi connectivity index (χ1n) is 2.91. The summed E-state index contributed by atoms with van der Waals surface area (Å²) in [7, 11) is 0. The van der Waals surface area contributed by atoms with Crippen molar-refractivity contribution in [2.24, 2.45) is 0 Å². The van der Waals surface area contributed by atoms with E-state index in [1.54, 1.807) is 6.20 Å². The van der Waals surface area contributed by atoms with E-state index in [-0.39, 0.29) is 6.23 Å². The Balaban J connectivity index is 2.41. The molecule has 2 heteroatoms. The van der Waals surface area contributed by atoms with Gasteiger partial charge in [0.15, 0.2) is 0 Å². The largest absolute Gasteiger partial charge is 0.374 e. The third-order valence-electron chi connectivity index (χ3n) is 1.50. The minimum Gasteiger partial charge on any atom is -0.374 e. The van der Waals surface area contributed by atoms with Crippen molar-refractivity contribution >= 4 is 0 Å². The van der Waals surface area contributed by atoms with E-state index in [9.17, 15) is 0 Å². The molecule has 1 saturated heterocycles. The molecule has 1 heterocycles. The van der Waals surface area contributed by atoms with Gasteiger partial charge >= 0.3 is 0 Å². The van der Waals surface area contributed by atoms with Gasteiger partial charge in [0.05, 0.1) is 0 Å². The molecular formula is C6H11NO. The molecule has 1 aliphatic heterocycles. The van der Waals surface area contributed by atoms with Crippen molar-refractivity contribution in [1.29, 1.82) is 0 Å². The Hall–Kier alpha value is -0.500. The standard InChI is InChI=1S/C6H11NO/c1-2-7-5-3-4-6(7)8/h2,6,8H,1,3-5H2/t6-/m0/s1. The summed E-state index contributed by atoms with van der Waals surface area (Å²) in [6.45, 7) is 4.52. The van der Waals surface area contributed by atoms with Crippen molar-refractivity contribution in [3.05, 3.63) is 12.8 Å². The number of rotatable bonds is 1. The van der Waals surface area contributed by atoms with Crippen molar-refractivity contribution < 1.29 is 5.11 Å². The third kappa shape index (κ3) is 0.842. The van der Waals surface area contributed by atoms with Gasteiger partial charge < -0.3 is 10.0 Å². The van der Waals surface area contributed by atoms with Crippen LogP contribution >= 0.6 is 0 Å². The van der Waals surface area contributed by atoms with Crippen LogP contribution in [0.4, 0.5) is 0 Å². The Morgan fingerprint density at radius 3 is 2.75 bits per heavy atom. The highest BCUT2D eigenvalue weighted by atomic mass is 16.3. The zero-order valence-electron chi connectivity index (χ0n) is 4.88. The zero-order valence-corrected chi connectivity index (χ0v) is 4.88. The van der Waals surface area contributed by atoms with Gasteiger partial charge in [-0.15, -0.1) is 0 Å². The monoisotopic (exact) mass is 113 g/mol. The predicted octanol–water partition coefficient (Wildman–Crippen LogP) is 0.544. The number of likely N-dealkylation sites (tertiary alicyclic amines) is 1. The predicted molar refractivity (Wildman–Crippen MR) is 32.1 cm³/mol. The van der Waals surface area contributed by atoms with E-state index in [1.807, 2.05) is 4.90 Å². The van der Waals surface area contributed by atoms with Crippen LogP contribution in [-0.4, -0.2) is 22.8 Å². The van der Waals surface area contributed by atoms with Gasteiger partial charge in [-0.25, -0.2) is 0 Å². The van der Waals surface area contributed by atoms with Gasteiger partial charge in [0.2, 0.25) is 0 Å². The summed E-state index contributed by atoms with van der Waals surface area (Å²) in [5.41, 5.74) is 0. The molecule has 0 amide bonds. The molecule has 1 fully saturated rings. The van der Waals surface area contributed by atoms with E-state index < -0.39 is 0 Å². The third-order valence-corrected chi connectivity index (χ3v) is 1.50. The highest BCUT2D eigenvalue weighted by Crippen LogP contribution is 2.13. The lowest BCUT2D eigenvalue weighted by Crippen LogP contribution is -2.22. The maximum atomic E-state index is 9.04. The zero-order chi connectivity index (χ0) is 5.98. The van der Waals surface area contributed by atoms with Crippen LogP contribution in [0.3, 0.4) is 0 Å². The van der Waals surface area contributed by atoms with Gasteiger partial charge in [-0.2, -0.15) is 0 Å². The van der Waals surface area contributed by atoms with Crippen LogP contribution in [0.25, 0.3) is 0 Å². The topological polar surface area (TPSA) is 23.5 Å². The van der Waals surface area contributed by atoms with E-state index in [0.717, 1.165) is 19.4 Å². The normalized spacial score (nSPS) is 28.6. The molecule has 0 aromatic carbocycles. The van der Waals surface area contributed by atoms with Crippen molar-refractivity contribution in [1.82, 2.24) is 4.90 Å². The number of hydrogen-bond donors (Lipinski definition) is 1. The minimum atomic E-state index is -0.257. The van der Waals surface area contributed by atoms with E-state index in [0.29, 0.717) is 0 Å². The molecule has 1 atom stereocenters. The van der Waals surface area contributed by atoms with Crippen LogP contribution < -0.4 is 0 Å². The highest BCUT2D eigenvalue weighted by molar-refractivity contribution is 4.78. The fourth-order valence-corrected chi connectivity index (χ4v) is 0.984. The smallest absolute Gasteiger partial charge is 0.126 e. The van der Waals surface area contributed by atoms with Gasteiger partial charge in [-0.1, -0.05) is 6.58 Å². The van der Waals surface area contributed by atoms with E-state index >= 15 is 0 Å². The number of nitrogens with zero attached hydrogens (tertiary/aromatic N) is 1. The fourth-order valence-electron chi connectivity index (χ4n) is 0.984. The van der Waals surface area contributed by atoms with Gasteiger partial charge in [-0.3, -0.25) is 0 Å². The van der Waals surface area contributed by atoms with Crippen molar-refractivity contribution in [3.8, 4) is 0 Å². The van der Waals surface area contributed by atoms with Gasteiger partial charge in [0.25, 0.3) is 0 Å². The molecule has 0 aromatic heterocycles. The lowest BCUT2D eigenvalue weighted by atomic mass is 10.4. The van der Waals surface area contributed by atoms with E-state index in [1.165, 1.54) is 0 Å². The summed E-state index contributed by atoms with van der Waals surface area (Å²) >= 11 is 0. The molecule has 0 aromatic rings. The Kier molecular flexibility index (Phi) is 1.53. The van der Waals surface area contributed by atoms with Crippen LogP contribution in [0.2, 0.25) is 0 Å². The van der Waals surface area contributed by atoms with Crippen LogP contribution in [0.1, 0.15) is 12.8 Å². The summed E-state index contributed by atoms with van der Waals surface area (Å²) < 4.78 is 0. The Labute approximate surface area is 49.4 Å². The summed E-state index contributed by atoms with van der Waals surface area (Å²) in [4.78, 5) is 1.85. The second-order valence-corrected chi connectivity index (χ2v) is 2.04. The van der Waals surface area contributed by atoms with Crippen molar-refractivity contribution in [2.75, 3.05) is 6.54 Å². The average molecular weight is 113 g/mol. The molecular weight excluding hydrogens is 102 g/mol. The molecule has 0 aliphatic carbocycles. The van der Waals surface area contributed by atoms with E-state index in [2.05, 4.69) is 6.58 Å². The molecule has 1 N–H and O–H groups in total. The molecule has 0 radical (unpaired) electrons. The summed E-state index contributed by atoms with van der Waals surface area (Å²) in [5, 5.41) is 9.04. The van der Waals surface area contributed by atoms with Gasteiger partial charge in [0, 0.05) is 6.54 Å². The lowest BCUT2D eigenvalue weighted by Gasteiger charge is -2.15. The summed E-state index contributed by atoms with van der Waals surface area (Å²) in [6.07, 6.45) is 3.42. The highest BCUT2D eigenvalue weighted by Gasteiger charge is 2.16. The van der Waals surface area contributed by atoms with Crippen LogP contribution in [0.5, 0.6) is 0 Å². The second kappa shape index (κ2) is 2.18. The average Bonchev–Trinajstić information content (AvgIpc) is 2.14. The van der Waals surface area contributed by atoms with Crippen molar-refractivity contribution in [2.45, 2.75) is 19.1 Å². The minimum absolute atomic E-state index is 0.257. The molecule has 46 valence electrons. The Morgan fingerprint density at radius 1 is 1.75 bits per heavy atom. The van der Waals surface area contributed by atoms with Crippen LogP contribution in [-0.2, 0) is 0 Å². The molecule has 1 aliphatic rings. The number of hydrogen-bond acceptors (Lipinski definition) is 2. The van der Waals surface area contributed by atoms with Gasteiger partial charge in [0.1, 0.15) is 6.23 Å². The first-order valence-corrected chi connectivity index (χ1v) is 2.91. The summed E-state index contributed by atoms with van der Waals surface area (Å²) in [5.74, 6) is 0. The van der Waals surface area contributed by atoms with Crippen LogP contribution in [0, 0.1) is 0 Å². The first-order chi connectivity index (χ1) is 3.84. The molecule has 1 rings (SSSR count). The molecule has 2 nitrogen and oxygen atoms in total. The van der Waals surface area contributed by atoms with Crippen molar-refractivity contribution in [3.63, 3.8) is 0 Å². The Bertz CT molecular complexity index is 92.5. The Morgan fingerprint density at radius 2 is 2.50 bits per heavy atom. The SMILES string of the molecule is C=CN1CCC[C@@H]1O. The summed E-state index contributed by atoms with van der Waals surface area (Å²) in [6, 6.07) is 0. The lowest BCUT2D eigenvalue weighted by molar-refractivity contribution is 0.0723. The number of aliphatic hydroxyl groups is 1. The van der Waals surface area contributed by atoms with Gasteiger partial charge in [-0.05, 0) is 19.0 Å². The maximum absolute atomic E-state index is 9.04. The first kappa shape index (κ1) is 5.63. The number of aliphatic hydroxyl groups excluding tert-OH is 1. The molecule has 0 spiro atoms. The maximum Gasteiger partial charge on any atom is 0.126 e. The molecule has 0 saturated carbocycles. The quantitative estimate of drug-likeness (QED) is 0.536. The van der Waals surface area contributed by atoms with E-state index in [4.69, 9.17) is 5.11 Å².